The molecule has 0 aliphatic heterocycles. The van der Waals surface area contributed by atoms with Crippen LogP contribution in [0.2, 0.25) is 5.02 Å². The van der Waals surface area contributed by atoms with Gasteiger partial charge in [0.25, 0.3) is 0 Å². The van der Waals surface area contributed by atoms with E-state index < -0.39 is 5.97 Å². The molecule has 0 spiro atoms. The Morgan fingerprint density at radius 3 is 2.68 bits per heavy atom. The maximum absolute atomic E-state index is 10.9. The van der Waals surface area contributed by atoms with Gasteiger partial charge in [0, 0.05) is 11.6 Å². The fourth-order valence-electron chi connectivity index (χ4n) is 1.64. The number of anilines is 1. The van der Waals surface area contributed by atoms with E-state index in [1.807, 2.05) is 24.3 Å². The minimum Gasteiger partial charge on any atom is -0.477 e. The summed E-state index contributed by atoms with van der Waals surface area (Å²) in [7, 11) is 0. The van der Waals surface area contributed by atoms with Crippen LogP contribution in [0.3, 0.4) is 0 Å². The van der Waals surface area contributed by atoms with Crippen LogP contribution in [-0.2, 0) is 6.42 Å². The zero-order valence-electron chi connectivity index (χ0n) is 10.3. The SMILES string of the molecule is Cc1nc(NCCc2ccc(Cl)cc2)sc1C(=O)O. The molecule has 19 heavy (non-hydrogen) atoms. The summed E-state index contributed by atoms with van der Waals surface area (Å²) in [6, 6.07) is 7.65. The molecule has 1 heterocycles. The van der Waals surface area contributed by atoms with E-state index in [1.165, 1.54) is 5.56 Å². The largest absolute Gasteiger partial charge is 0.477 e. The standard InChI is InChI=1S/C13H13ClN2O2S/c1-8-11(12(17)18)19-13(16-8)15-7-6-9-2-4-10(14)5-3-9/h2-5H,6-7H2,1H3,(H,15,16)(H,17,18). The number of benzene rings is 1. The quantitative estimate of drug-likeness (QED) is 0.887. The number of carboxylic acids is 1. The number of nitrogens with zero attached hydrogens (tertiary/aromatic N) is 1. The lowest BCUT2D eigenvalue weighted by atomic mass is 10.1. The van der Waals surface area contributed by atoms with Gasteiger partial charge < -0.3 is 10.4 Å². The van der Waals surface area contributed by atoms with Crippen LogP contribution in [0.4, 0.5) is 5.13 Å². The molecule has 0 saturated carbocycles. The maximum Gasteiger partial charge on any atom is 0.347 e. The summed E-state index contributed by atoms with van der Waals surface area (Å²) in [5.74, 6) is -0.930. The highest BCUT2D eigenvalue weighted by atomic mass is 35.5. The average Bonchev–Trinajstić information content (AvgIpc) is 2.73. The topological polar surface area (TPSA) is 62.2 Å². The third-order valence-electron chi connectivity index (χ3n) is 2.59. The molecule has 0 radical (unpaired) electrons. The molecule has 0 bridgehead atoms. The van der Waals surface area contributed by atoms with Gasteiger partial charge in [0.05, 0.1) is 5.69 Å². The molecule has 2 N–H and O–H groups in total. The minimum atomic E-state index is -0.930. The lowest BCUT2D eigenvalue weighted by molar-refractivity contribution is 0.0701. The number of rotatable bonds is 5. The lowest BCUT2D eigenvalue weighted by Gasteiger charge is -2.02. The molecule has 2 aromatic rings. The molecular weight excluding hydrogens is 284 g/mol. The van der Waals surface area contributed by atoms with Crippen LogP contribution in [0.25, 0.3) is 0 Å². The van der Waals surface area contributed by atoms with Gasteiger partial charge in [0.15, 0.2) is 5.13 Å². The number of carboxylic acid groups (broad SMARTS) is 1. The molecule has 0 atom stereocenters. The Kier molecular flexibility index (Phi) is 4.39. The van der Waals surface area contributed by atoms with Crippen molar-refractivity contribution in [3.05, 3.63) is 45.4 Å². The number of aromatic carboxylic acids is 1. The van der Waals surface area contributed by atoms with Gasteiger partial charge in [-0.05, 0) is 31.0 Å². The molecule has 0 fully saturated rings. The zero-order valence-corrected chi connectivity index (χ0v) is 11.9. The molecule has 1 aromatic carbocycles. The van der Waals surface area contributed by atoms with Gasteiger partial charge >= 0.3 is 5.97 Å². The fourth-order valence-corrected chi connectivity index (χ4v) is 2.59. The number of hydrogen-bond acceptors (Lipinski definition) is 4. The van der Waals surface area contributed by atoms with Crippen LogP contribution in [0.15, 0.2) is 24.3 Å². The Balaban J connectivity index is 1.90. The molecule has 0 saturated heterocycles. The summed E-state index contributed by atoms with van der Waals surface area (Å²) in [5.41, 5.74) is 1.72. The van der Waals surface area contributed by atoms with Gasteiger partial charge in [-0.1, -0.05) is 35.1 Å². The van der Waals surface area contributed by atoms with Gasteiger partial charge in [0.2, 0.25) is 0 Å². The van der Waals surface area contributed by atoms with Crippen molar-refractivity contribution in [3.8, 4) is 0 Å². The second-order valence-electron chi connectivity index (χ2n) is 4.04. The number of hydrogen-bond donors (Lipinski definition) is 2. The van der Waals surface area contributed by atoms with Gasteiger partial charge in [-0.2, -0.15) is 0 Å². The van der Waals surface area contributed by atoms with Gasteiger partial charge in [0.1, 0.15) is 4.88 Å². The molecule has 0 unspecified atom stereocenters. The molecule has 4 nitrogen and oxygen atoms in total. The summed E-state index contributed by atoms with van der Waals surface area (Å²) in [5, 5.41) is 13.4. The molecule has 0 amide bonds. The Hall–Kier alpha value is -1.59. The average molecular weight is 297 g/mol. The van der Waals surface area contributed by atoms with E-state index in [4.69, 9.17) is 16.7 Å². The van der Waals surface area contributed by atoms with E-state index in [0.717, 1.165) is 22.8 Å². The molecule has 1 aromatic heterocycles. The molecule has 6 heteroatoms. The van der Waals surface area contributed by atoms with Crippen LogP contribution in [0.1, 0.15) is 20.9 Å². The first-order valence-corrected chi connectivity index (χ1v) is 6.95. The van der Waals surface area contributed by atoms with E-state index in [1.54, 1.807) is 6.92 Å². The molecule has 100 valence electrons. The number of carbonyl (C=O) groups is 1. The third-order valence-corrected chi connectivity index (χ3v) is 3.95. The van der Waals surface area contributed by atoms with Gasteiger partial charge in [-0.25, -0.2) is 9.78 Å². The minimum absolute atomic E-state index is 0.286. The Bertz CT molecular complexity index is 581. The monoisotopic (exact) mass is 296 g/mol. The number of aromatic nitrogens is 1. The van der Waals surface area contributed by atoms with E-state index in [-0.39, 0.29) is 4.88 Å². The fraction of sp³-hybridized carbons (Fsp3) is 0.231. The predicted octanol–water partition coefficient (Wildman–Crippen LogP) is 3.46. The molecule has 0 aliphatic rings. The summed E-state index contributed by atoms with van der Waals surface area (Å²) in [6.45, 7) is 2.40. The van der Waals surface area contributed by atoms with Crippen molar-refractivity contribution in [1.82, 2.24) is 4.98 Å². The lowest BCUT2D eigenvalue weighted by Crippen LogP contribution is -2.04. The Morgan fingerprint density at radius 1 is 1.42 bits per heavy atom. The van der Waals surface area contributed by atoms with Crippen molar-refractivity contribution in [2.75, 3.05) is 11.9 Å². The third kappa shape index (κ3) is 3.68. The predicted molar refractivity (Wildman–Crippen MR) is 77.5 cm³/mol. The normalized spacial score (nSPS) is 10.4. The van der Waals surface area contributed by atoms with Crippen molar-refractivity contribution in [2.45, 2.75) is 13.3 Å². The van der Waals surface area contributed by atoms with Crippen LogP contribution in [0.5, 0.6) is 0 Å². The first-order valence-electron chi connectivity index (χ1n) is 5.75. The smallest absolute Gasteiger partial charge is 0.347 e. The van der Waals surface area contributed by atoms with Gasteiger partial charge in [-0.3, -0.25) is 0 Å². The summed E-state index contributed by atoms with van der Waals surface area (Å²) in [4.78, 5) is 15.4. The summed E-state index contributed by atoms with van der Waals surface area (Å²) >= 11 is 6.97. The zero-order chi connectivity index (χ0) is 13.8. The highest BCUT2D eigenvalue weighted by molar-refractivity contribution is 7.17. The molecule has 0 aliphatic carbocycles. The highest BCUT2D eigenvalue weighted by Crippen LogP contribution is 2.22. The second kappa shape index (κ2) is 6.04. The van der Waals surface area contributed by atoms with E-state index in [2.05, 4.69) is 10.3 Å². The van der Waals surface area contributed by atoms with E-state index >= 15 is 0 Å². The molecular formula is C13H13ClN2O2S. The van der Waals surface area contributed by atoms with Crippen LogP contribution in [0, 0.1) is 6.92 Å². The van der Waals surface area contributed by atoms with Crippen molar-refractivity contribution < 1.29 is 9.90 Å². The van der Waals surface area contributed by atoms with E-state index in [9.17, 15) is 4.79 Å². The van der Waals surface area contributed by atoms with Gasteiger partial charge in [-0.15, -0.1) is 0 Å². The first kappa shape index (κ1) is 13.8. The van der Waals surface area contributed by atoms with Crippen LogP contribution in [-0.4, -0.2) is 22.6 Å². The number of aryl methyl sites for hydroxylation is 1. The van der Waals surface area contributed by atoms with Crippen molar-refractivity contribution in [1.29, 1.82) is 0 Å². The number of thiazole rings is 1. The number of nitrogens with one attached hydrogen (secondary N) is 1. The van der Waals surface area contributed by atoms with Crippen molar-refractivity contribution >= 4 is 34.0 Å². The van der Waals surface area contributed by atoms with Crippen LogP contribution >= 0.6 is 22.9 Å². The Morgan fingerprint density at radius 2 is 2.11 bits per heavy atom. The van der Waals surface area contributed by atoms with E-state index in [0.29, 0.717) is 17.4 Å². The molecule has 2 rings (SSSR count). The first-order chi connectivity index (χ1) is 9.06. The summed E-state index contributed by atoms with van der Waals surface area (Å²) < 4.78 is 0. The van der Waals surface area contributed by atoms with Crippen molar-refractivity contribution in [3.63, 3.8) is 0 Å². The maximum atomic E-state index is 10.9. The second-order valence-corrected chi connectivity index (χ2v) is 5.48. The van der Waals surface area contributed by atoms with Crippen LogP contribution < -0.4 is 5.32 Å². The Labute approximate surface area is 120 Å². The summed E-state index contributed by atoms with van der Waals surface area (Å²) in [6.07, 6.45) is 0.832. The van der Waals surface area contributed by atoms with Crippen molar-refractivity contribution in [2.24, 2.45) is 0 Å². The highest BCUT2D eigenvalue weighted by Gasteiger charge is 2.13. The number of halogens is 1.